The van der Waals surface area contributed by atoms with Crippen LogP contribution in [0.3, 0.4) is 0 Å². The monoisotopic (exact) mass is 351 g/mol. The highest BCUT2D eigenvalue weighted by atomic mass is 16.5. The SMILES string of the molecule is C[C@@H]1CCCC[C@]12NC(=O)N(CC(=O)OCC(=O)N1CCCC1)C2=O. The van der Waals surface area contributed by atoms with E-state index in [9.17, 15) is 19.2 Å². The summed E-state index contributed by atoms with van der Waals surface area (Å²) in [6.45, 7) is 2.53. The van der Waals surface area contributed by atoms with Gasteiger partial charge in [0.15, 0.2) is 6.61 Å². The van der Waals surface area contributed by atoms with Gasteiger partial charge in [0.2, 0.25) is 0 Å². The molecule has 25 heavy (non-hydrogen) atoms. The molecule has 0 aromatic carbocycles. The van der Waals surface area contributed by atoms with Crippen molar-refractivity contribution >= 4 is 23.8 Å². The zero-order valence-corrected chi connectivity index (χ0v) is 14.6. The molecule has 2 aliphatic heterocycles. The van der Waals surface area contributed by atoms with Crippen molar-refractivity contribution in [3.8, 4) is 0 Å². The van der Waals surface area contributed by atoms with Crippen LogP contribution in [-0.4, -0.2) is 65.4 Å². The maximum atomic E-state index is 12.7. The molecule has 3 rings (SSSR count). The Morgan fingerprint density at radius 3 is 2.60 bits per heavy atom. The van der Waals surface area contributed by atoms with Gasteiger partial charge >= 0.3 is 12.0 Å². The zero-order valence-electron chi connectivity index (χ0n) is 14.6. The summed E-state index contributed by atoms with van der Waals surface area (Å²) in [6, 6.07) is -0.554. The predicted octanol–water partition coefficient (Wildman–Crippen LogP) is 0.653. The second-order valence-corrected chi connectivity index (χ2v) is 7.19. The number of carbonyl (C=O) groups is 4. The van der Waals surface area contributed by atoms with Crippen molar-refractivity contribution in [3.63, 3.8) is 0 Å². The Hall–Kier alpha value is -2.12. The first-order valence-electron chi connectivity index (χ1n) is 9.01. The van der Waals surface area contributed by atoms with E-state index in [1.54, 1.807) is 4.90 Å². The van der Waals surface area contributed by atoms with Crippen molar-refractivity contribution in [2.24, 2.45) is 5.92 Å². The van der Waals surface area contributed by atoms with Gasteiger partial charge in [-0.2, -0.15) is 0 Å². The lowest BCUT2D eigenvalue weighted by Crippen LogP contribution is -2.54. The molecule has 0 bridgehead atoms. The minimum absolute atomic E-state index is 0.0375. The average Bonchev–Trinajstić information content (AvgIpc) is 3.20. The quantitative estimate of drug-likeness (QED) is 0.593. The number of likely N-dealkylation sites (tertiary alicyclic amines) is 1. The van der Waals surface area contributed by atoms with Gasteiger partial charge in [0, 0.05) is 13.1 Å². The normalized spacial score (nSPS) is 29.2. The summed E-state index contributed by atoms with van der Waals surface area (Å²) in [4.78, 5) is 51.4. The molecule has 2 heterocycles. The molecule has 2 atom stereocenters. The van der Waals surface area contributed by atoms with Gasteiger partial charge in [-0.25, -0.2) is 4.79 Å². The Labute approximate surface area is 146 Å². The standard InChI is InChI=1S/C17H25N3O5/c1-12-6-2-3-7-17(12)15(23)20(16(24)18-17)10-14(22)25-11-13(21)19-8-4-5-9-19/h12H,2-11H2,1H3,(H,18,24)/t12-,17+/m1/s1. The number of nitrogens with one attached hydrogen (secondary N) is 1. The minimum atomic E-state index is -0.888. The number of amides is 4. The first-order chi connectivity index (χ1) is 11.9. The van der Waals surface area contributed by atoms with Gasteiger partial charge < -0.3 is 15.0 Å². The molecule has 8 heteroatoms. The fourth-order valence-electron chi connectivity index (χ4n) is 4.01. The van der Waals surface area contributed by atoms with Crippen molar-refractivity contribution in [3.05, 3.63) is 0 Å². The summed E-state index contributed by atoms with van der Waals surface area (Å²) in [5.41, 5.74) is -0.888. The summed E-state index contributed by atoms with van der Waals surface area (Å²) >= 11 is 0. The van der Waals surface area contributed by atoms with Crippen molar-refractivity contribution < 1.29 is 23.9 Å². The third-order valence-electron chi connectivity index (χ3n) is 5.60. The zero-order chi connectivity index (χ0) is 18.0. The highest BCUT2D eigenvalue weighted by molar-refractivity contribution is 6.09. The van der Waals surface area contributed by atoms with Gasteiger partial charge in [-0.15, -0.1) is 0 Å². The van der Waals surface area contributed by atoms with Crippen LogP contribution in [0, 0.1) is 5.92 Å². The van der Waals surface area contributed by atoms with E-state index in [0.717, 1.165) is 37.0 Å². The van der Waals surface area contributed by atoms with Gasteiger partial charge in [-0.05, 0) is 31.6 Å². The van der Waals surface area contributed by atoms with E-state index in [-0.39, 0.29) is 24.3 Å². The Morgan fingerprint density at radius 2 is 1.92 bits per heavy atom. The van der Waals surface area contributed by atoms with Gasteiger partial charge in [0.05, 0.1) is 0 Å². The molecule has 1 aliphatic carbocycles. The topological polar surface area (TPSA) is 96.0 Å². The third-order valence-corrected chi connectivity index (χ3v) is 5.60. The lowest BCUT2D eigenvalue weighted by atomic mass is 9.73. The van der Waals surface area contributed by atoms with Crippen molar-refractivity contribution in [1.29, 1.82) is 0 Å². The van der Waals surface area contributed by atoms with Gasteiger partial charge in [-0.1, -0.05) is 19.8 Å². The summed E-state index contributed by atoms with van der Waals surface area (Å²) in [7, 11) is 0. The number of ether oxygens (including phenoxy) is 1. The van der Waals surface area contributed by atoms with Crippen LogP contribution in [0.1, 0.15) is 45.4 Å². The lowest BCUT2D eigenvalue weighted by Gasteiger charge is -2.36. The highest BCUT2D eigenvalue weighted by Crippen LogP contribution is 2.38. The molecule has 138 valence electrons. The number of rotatable bonds is 4. The number of imide groups is 1. The molecule has 3 fully saturated rings. The molecule has 0 unspecified atom stereocenters. The molecule has 0 aromatic heterocycles. The van der Waals surface area contributed by atoms with Crippen molar-refractivity contribution in [1.82, 2.24) is 15.1 Å². The van der Waals surface area contributed by atoms with Crippen LogP contribution in [0.4, 0.5) is 4.79 Å². The smallest absolute Gasteiger partial charge is 0.326 e. The van der Waals surface area contributed by atoms with E-state index in [0.29, 0.717) is 19.5 Å². The average molecular weight is 351 g/mol. The summed E-state index contributed by atoms with van der Waals surface area (Å²) < 4.78 is 4.97. The number of hydrogen-bond donors (Lipinski definition) is 1. The summed E-state index contributed by atoms with van der Waals surface area (Å²) in [5, 5.41) is 2.79. The Kier molecular flexibility index (Phi) is 4.96. The van der Waals surface area contributed by atoms with E-state index >= 15 is 0 Å². The maximum absolute atomic E-state index is 12.7. The second kappa shape index (κ2) is 7.01. The van der Waals surface area contributed by atoms with Crippen LogP contribution in [-0.2, 0) is 19.1 Å². The van der Waals surface area contributed by atoms with E-state index < -0.39 is 24.1 Å². The molecular formula is C17H25N3O5. The van der Waals surface area contributed by atoms with Gasteiger partial charge in [-0.3, -0.25) is 19.3 Å². The molecule has 1 saturated carbocycles. The van der Waals surface area contributed by atoms with Crippen LogP contribution in [0.2, 0.25) is 0 Å². The van der Waals surface area contributed by atoms with E-state index in [1.165, 1.54) is 0 Å². The number of hydrogen-bond acceptors (Lipinski definition) is 5. The van der Waals surface area contributed by atoms with E-state index in [2.05, 4.69) is 5.32 Å². The Morgan fingerprint density at radius 1 is 1.20 bits per heavy atom. The molecule has 1 N–H and O–H groups in total. The van der Waals surface area contributed by atoms with Crippen LogP contribution in [0.5, 0.6) is 0 Å². The Bertz CT molecular complexity index is 587. The lowest BCUT2D eigenvalue weighted by molar-refractivity contribution is -0.153. The molecule has 4 amide bonds. The minimum Gasteiger partial charge on any atom is -0.454 e. The molecule has 8 nitrogen and oxygen atoms in total. The summed E-state index contributed by atoms with van der Waals surface area (Å²) in [6.07, 6.45) is 5.29. The van der Waals surface area contributed by atoms with Gasteiger partial charge in [0.1, 0.15) is 12.1 Å². The molecule has 3 aliphatic rings. The Balaban J connectivity index is 1.55. The van der Waals surface area contributed by atoms with Gasteiger partial charge in [0.25, 0.3) is 11.8 Å². The second-order valence-electron chi connectivity index (χ2n) is 7.19. The molecule has 2 saturated heterocycles. The fraction of sp³-hybridized carbons (Fsp3) is 0.765. The van der Waals surface area contributed by atoms with E-state index in [4.69, 9.17) is 4.74 Å². The third kappa shape index (κ3) is 3.34. The molecular weight excluding hydrogens is 326 g/mol. The number of carbonyl (C=O) groups excluding carboxylic acids is 4. The fourth-order valence-corrected chi connectivity index (χ4v) is 4.01. The van der Waals surface area contributed by atoms with Crippen LogP contribution < -0.4 is 5.32 Å². The summed E-state index contributed by atoms with van der Waals surface area (Å²) in [5.74, 6) is -1.29. The molecule has 0 aromatic rings. The molecule has 0 radical (unpaired) electrons. The van der Waals surface area contributed by atoms with Crippen LogP contribution >= 0.6 is 0 Å². The number of nitrogens with zero attached hydrogens (tertiary/aromatic N) is 2. The largest absolute Gasteiger partial charge is 0.454 e. The highest BCUT2D eigenvalue weighted by Gasteiger charge is 2.55. The van der Waals surface area contributed by atoms with Crippen LogP contribution in [0.15, 0.2) is 0 Å². The van der Waals surface area contributed by atoms with Crippen LogP contribution in [0.25, 0.3) is 0 Å². The number of esters is 1. The van der Waals surface area contributed by atoms with Crippen molar-refractivity contribution in [2.75, 3.05) is 26.2 Å². The molecule has 1 spiro atoms. The first-order valence-corrected chi connectivity index (χ1v) is 9.01. The first kappa shape index (κ1) is 17.7. The van der Waals surface area contributed by atoms with Crippen molar-refractivity contribution in [2.45, 2.75) is 51.0 Å². The van der Waals surface area contributed by atoms with E-state index in [1.807, 2.05) is 6.92 Å². The predicted molar refractivity (Wildman–Crippen MR) is 87.4 cm³/mol. The number of urea groups is 1. The maximum Gasteiger partial charge on any atom is 0.326 e.